The van der Waals surface area contributed by atoms with Crippen LogP contribution in [0.5, 0.6) is 0 Å². The van der Waals surface area contributed by atoms with E-state index in [-0.39, 0.29) is 5.91 Å². The molecule has 0 aliphatic heterocycles. The van der Waals surface area contributed by atoms with Crippen molar-refractivity contribution < 1.29 is 9.90 Å². The van der Waals surface area contributed by atoms with Crippen molar-refractivity contribution in [1.29, 1.82) is 0 Å². The third-order valence-corrected chi connectivity index (χ3v) is 3.64. The molecule has 0 spiro atoms. The molecule has 2 atom stereocenters. The molecule has 0 aromatic heterocycles. The predicted octanol–water partition coefficient (Wildman–Crippen LogP) is 1.51. The largest absolute Gasteiger partial charge is 0.389 e. The Labute approximate surface area is 111 Å². The summed E-state index contributed by atoms with van der Waals surface area (Å²) in [5, 5.41) is 9.68. The topological polar surface area (TPSA) is 66.6 Å². The van der Waals surface area contributed by atoms with Crippen LogP contribution < -0.4 is 5.73 Å². The van der Waals surface area contributed by atoms with Crippen molar-refractivity contribution in [3.8, 4) is 0 Å². The minimum absolute atomic E-state index is 0.122. The second kappa shape index (κ2) is 6.53. The summed E-state index contributed by atoms with van der Waals surface area (Å²) in [5.74, 6) is 0.726. The van der Waals surface area contributed by atoms with Gasteiger partial charge in [0, 0.05) is 26.1 Å². The molecule has 4 nitrogen and oxygen atoms in total. The summed E-state index contributed by atoms with van der Waals surface area (Å²) in [7, 11) is 1.76. The molecule has 18 heavy (non-hydrogen) atoms. The fourth-order valence-electron chi connectivity index (χ4n) is 2.78. The molecule has 1 fully saturated rings. The lowest BCUT2D eigenvalue weighted by atomic mass is 9.83. The number of carbonyl (C=O) groups is 1. The van der Waals surface area contributed by atoms with Crippen LogP contribution in [0.25, 0.3) is 0 Å². The van der Waals surface area contributed by atoms with Gasteiger partial charge in [0.15, 0.2) is 0 Å². The molecule has 0 radical (unpaired) electrons. The van der Waals surface area contributed by atoms with Crippen LogP contribution in [0, 0.1) is 5.92 Å². The molecule has 0 bridgehead atoms. The van der Waals surface area contributed by atoms with Crippen molar-refractivity contribution in [2.45, 2.75) is 64.0 Å². The SMILES string of the molecule is CN(CC(C)(C)O)C(=O)CCC1CCCC(N)C1. The smallest absolute Gasteiger partial charge is 0.222 e. The number of amides is 1. The van der Waals surface area contributed by atoms with E-state index in [4.69, 9.17) is 5.73 Å². The Morgan fingerprint density at radius 1 is 1.44 bits per heavy atom. The average molecular weight is 256 g/mol. The average Bonchev–Trinajstić information content (AvgIpc) is 2.23. The third-order valence-electron chi connectivity index (χ3n) is 3.64. The zero-order valence-corrected chi connectivity index (χ0v) is 12.0. The van der Waals surface area contributed by atoms with E-state index in [1.54, 1.807) is 25.8 Å². The molecule has 1 amide bonds. The molecule has 4 heteroatoms. The molecule has 2 unspecified atom stereocenters. The Morgan fingerprint density at radius 3 is 2.67 bits per heavy atom. The van der Waals surface area contributed by atoms with Gasteiger partial charge >= 0.3 is 0 Å². The monoisotopic (exact) mass is 256 g/mol. The maximum atomic E-state index is 11.9. The number of nitrogens with two attached hydrogens (primary N) is 1. The third kappa shape index (κ3) is 5.83. The first-order valence-electron chi connectivity index (χ1n) is 7.00. The molecule has 106 valence electrons. The van der Waals surface area contributed by atoms with E-state index in [1.807, 2.05) is 0 Å². The van der Waals surface area contributed by atoms with Gasteiger partial charge in [0.2, 0.25) is 5.91 Å². The van der Waals surface area contributed by atoms with Gasteiger partial charge in [0.05, 0.1) is 5.60 Å². The van der Waals surface area contributed by atoms with E-state index in [0.29, 0.717) is 24.9 Å². The zero-order chi connectivity index (χ0) is 13.8. The van der Waals surface area contributed by atoms with E-state index in [0.717, 1.165) is 19.3 Å². The molecule has 1 aliphatic rings. The van der Waals surface area contributed by atoms with E-state index in [2.05, 4.69) is 0 Å². The van der Waals surface area contributed by atoms with Crippen LogP contribution in [0.4, 0.5) is 0 Å². The summed E-state index contributed by atoms with van der Waals surface area (Å²) in [5.41, 5.74) is 5.12. The summed E-state index contributed by atoms with van der Waals surface area (Å²) in [6, 6.07) is 0.327. The first-order valence-corrected chi connectivity index (χ1v) is 7.00. The Kier molecular flexibility index (Phi) is 5.60. The molecule has 0 aromatic rings. The van der Waals surface area contributed by atoms with Crippen LogP contribution in [-0.2, 0) is 4.79 Å². The lowest BCUT2D eigenvalue weighted by molar-refractivity contribution is -0.132. The number of likely N-dealkylation sites (N-methyl/N-ethyl adjacent to an activating group) is 1. The van der Waals surface area contributed by atoms with Crippen molar-refractivity contribution in [3.63, 3.8) is 0 Å². The van der Waals surface area contributed by atoms with Crippen molar-refractivity contribution in [3.05, 3.63) is 0 Å². The van der Waals surface area contributed by atoms with E-state index in [1.165, 1.54) is 12.8 Å². The summed E-state index contributed by atoms with van der Waals surface area (Å²) in [4.78, 5) is 13.6. The molecular weight excluding hydrogens is 228 g/mol. The highest BCUT2D eigenvalue weighted by Crippen LogP contribution is 2.27. The van der Waals surface area contributed by atoms with Crippen LogP contribution in [0.2, 0.25) is 0 Å². The highest BCUT2D eigenvalue weighted by Gasteiger charge is 2.22. The van der Waals surface area contributed by atoms with Crippen LogP contribution in [0.1, 0.15) is 52.4 Å². The van der Waals surface area contributed by atoms with E-state index >= 15 is 0 Å². The normalized spacial score (nSPS) is 24.9. The Bertz CT molecular complexity index is 273. The minimum atomic E-state index is -0.822. The van der Waals surface area contributed by atoms with Crippen molar-refractivity contribution in [2.24, 2.45) is 11.7 Å². The fraction of sp³-hybridized carbons (Fsp3) is 0.929. The molecule has 1 saturated carbocycles. The molecular formula is C14H28N2O2. The quantitative estimate of drug-likeness (QED) is 0.783. The lowest BCUT2D eigenvalue weighted by Gasteiger charge is -2.28. The van der Waals surface area contributed by atoms with Crippen LogP contribution in [-0.4, -0.2) is 41.1 Å². The van der Waals surface area contributed by atoms with Gasteiger partial charge in [-0.05, 0) is 39.0 Å². The molecule has 1 aliphatic carbocycles. The molecule has 3 N–H and O–H groups in total. The number of hydrogen-bond acceptors (Lipinski definition) is 3. The van der Waals surface area contributed by atoms with Gasteiger partial charge in [0.1, 0.15) is 0 Å². The molecule has 0 saturated heterocycles. The second-order valence-electron chi connectivity index (χ2n) is 6.39. The van der Waals surface area contributed by atoms with E-state index in [9.17, 15) is 9.90 Å². The summed E-state index contributed by atoms with van der Waals surface area (Å²) in [6.45, 7) is 3.82. The molecule has 0 heterocycles. The standard InChI is InChI=1S/C14H28N2O2/c1-14(2,18)10-16(3)13(17)8-7-11-5-4-6-12(15)9-11/h11-12,18H,4-10,15H2,1-3H3. The van der Waals surface area contributed by atoms with Crippen molar-refractivity contribution in [1.82, 2.24) is 4.90 Å². The lowest BCUT2D eigenvalue weighted by Crippen LogP contribution is -2.39. The number of carbonyl (C=O) groups excluding carboxylic acids is 1. The maximum absolute atomic E-state index is 11.9. The van der Waals surface area contributed by atoms with Gasteiger partial charge in [0.25, 0.3) is 0 Å². The van der Waals surface area contributed by atoms with Gasteiger partial charge in [-0.15, -0.1) is 0 Å². The summed E-state index contributed by atoms with van der Waals surface area (Å²) in [6.07, 6.45) is 6.09. The van der Waals surface area contributed by atoms with Gasteiger partial charge < -0.3 is 15.7 Å². The number of rotatable bonds is 5. The van der Waals surface area contributed by atoms with Crippen LogP contribution in [0.3, 0.4) is 0 Å². The molecule has 1 rings (SSSR count). The second-order valence-corrected chi connectivity index (χ2v) is 6.39. The summed E-state index contributed by atoms with van der Waals surface area (Å²) >= 11 is 0. The Balaban J connectivity index is 2.27. The molecule has 0 aromatic carbocycles. The fourth-order valence-corrected chi connectivity index (χ4v) is 2.78. The van der Waals surface area contributed by atoms with Gasteiger partial charge in [-0.25, -0.2) is 0 Å². The van der Waals surface area contributed by atoms with Crippen molar-refractivity contribution >= 4 is 5.91 Å². The first-order chi connectivity index (χ1) is 8.28. The highest BCUT2D eigenvalue weighted by atomic mass is 16.3. The van der Waals surface area contributed by atoms with Crippen LogP contribution in [0.15, 0.2) is 0 Å². The Hall–Kier alpha value is -0.610. The van der Waals surface area contributed by atoms with Crippen LogP contribution >= 0.6 is 0 Å². The number of nitrogens with zero attached hydrogens (tertiary/aromatic N) is 1. The first kappa shape index (κ1) is 15.4. The number of aliphatic hydroxyl groups is 1. The minimum Gasteiger partial charge on any atom is -0.389 e. The van der Waals surface area contributed by atoms with Gasteiger partial charge in [-0.1, -0.05) is 12.8 Å². The van der Waals surface area contributed by atoms with Gasteiger partial charge in [-0.2, -0.15) is 0 Å². The summed E-state index contributed by atoms with van der Waals surface area (Å²) < 4.78 is 0. The predicted molar refractivity (Wildman–Crippen MR) is 73.1 cm³/mol. The number of hydrogen-bond donors (Lipinski definition) is 2. The highest BCUT2D eigenvalue weighted by molar-refractivity contribution is 5.75. The zero-order valence-electron chi connectivity index (χ0n) is 12.0. The van der Waals surface area contributed by atoms with Crippen molar-refractivity contribution in [2.75, 3.05) is 13.6 Å². The Morgan fingerprint density at radius 2 is 2.11 bits per heavy atom. The van der Waals surface area contributed by atoms with Gasteiger partial charge in [-0.3, -0.25) is 4.79 Å². The van der Waals surface area contributed by atoms with E-state index < -0.39 is 5.60 Å². The maximum Gasteiger partial charge on any atom is 0.222 e.